The second kappa shape index (κ2) is 9.36. The van der Waals surface area contributed by atoms with Crippen LogP contribution in [0.25, 0.3) is 0 Å². The maximum atomic E-state index is 13.0. The molecule has 156 valence electrons. The van der Waals surface area contributed by atoms with E-state index < -0.39 is 0 Å². The van der Waals surface area contributed by atoms with Gasteiger partial charge in [0.25, 0.3) is 0 Å². The van der Waals surface area contributed by atoms with E-state index in [2.05, 4.69) is 12.1 Å². The van der Waals surface area contributed by atoms with Crippen molar-refractivity contribution in [1.82, 2.24) is 4.90 Å². The Morgan fingerprint density at radius 3 is 2.39 bits per heavy atom. The van der Waals surface area contributed by atoms with Gasteiger partial charge in [0.15, 0.2) is 11.5 Å². The third-order valence-electron chi connectivity index (χ3n) is 6.53. The molecule has 0 bridgehead atoms. The molecule has 28 heavy (non-hydrogen) atoms. The molecule has 2 fully saturated rings. The smallest absolute Gasteiger partial charge is 0.225 e. The van der Waals surface area contributed by atoms with Crippen LogP contribution in [-0.4, -0.2) is 36.6 Å². The van der Waals surface area contributed by atoms with Crippen LogP contribution in [0, 0.1) is 5.92 Å². The van der Waals surface area contributed by atoms with Crippen LogP contribution < -0.4 is 15.2 Å². The molecule has 0 unspecified atom stereocenters. The van der Waals surface area contributed by atoms with Crippen molar-refractivity contribution < 1.29 is 14.3 Å². The number of fused-ring (bicyclic) bond motifs is 1. The molecule has 6 heteroatoms. The van der Waals surface area contributed by atoms with Crippen LogP contribution in [0.4, 0.5) is 0 Å². The summed E-state index contributed by atoms with van der Waals surface area (Å²) in [5.74, 6) is 2.11. The summed E-state index contributed by atoms with van der Waals surface area (Å²) in [5.41, 5.74) is 8.48. The van der Waals surface area contributed by atoms with E-state index in [1.807, 2.05) is 4.90 Å². The largest absolute Gasteiger partial charge is 0.493 e. The SMILES string of the molecule is COc1cc2c(cc1OC1CCCC1)CN(C(=O)C1CCC(N)CC1)CC2.Cl. The number of halogens is 1. The molecule has 1 aliphatic heterocycles. The predicted molar refractivity (Wildman–Crippen MR) is 112 cm³/mol. The monoisotopic (exact) mass is 408 g/mol. The van der Waals surface area contributed by atoms with Gasteiger partial charge in [0, 0.05) is 25.0 Å². The Bertz CT molecular complexity index is 683. The summed E-state index contributed by atoms with van der Waals surface area (Å²) in [4.78, 5) is 15.0. The Labute approximate surface area is 174 Å². The molecule has 0 radical (unpaired) electrons. The molecule has 0 saturated heterocycles. The molecule has 2 N–H and O–H groups in total. The van der Waals surface area contributed by atoms with Crippen molar-refractivity contribution in [3.8, 4) is 11.5 Å². The maximum absolute atomic E-state index is 13.0. The van der Waals surface area contributed by atoms with Crippen molar-refractivity contribution in [3.63, 3.8) is 0 Å². The van der Waals surface area contributed by atoms with E-state index in [-0.39, 0.29) is 24.4 Å². The highest BCUT2D eigenvalue weighted by molar-refractivity contribution is 5.85. The lowest BCUT2D eigenvalue weighted by Crippen LogP contribution is -2.42. The highest BCUT2D eigenvalue weighted by Gasteiger charge is 2.31. The summed E-state index contributed by atoms with van der Waals surface area (Å²) in [6, 6.07) is 4.50. The molecule has 1 amide bonds. The number of hydrogen-bond acceptors (Lipinski definition) is 4. The van der Waals surface area contributed by atoms with Gasteiger partial charge >= 0.3 is 0 Å². The molecule has 4 rings (SSSR count). The van der Waals surface area contributed by atoms with Crippen molar-refractivity contribution in [3.05, 3.63) is 23.3 Å². The summed E-state index contributed by atoms with van der Waals surface area (Å²) in [5, 5.41) is 0. The number of methoxy groups -OCH3 is 1. The Balaban J connectivity index is 0.00000225. The first-order valence-electron chi connectivity index (χ1n) is 10.5. The summed E-state index contributed by atoms with van der Waals surface area (Å²) in [6.07, 6.45) is 9.70. The van der Waals surface area contributed by atoms with Crippen LogP contribution in [0.1, 0.15) is 62.5 Å². The van der Waals surface area contributed by atoms with Gasteiger partial charge in [-0.15, -0.1) is 12.4 Å². The fraction of sp³-hybridized carbons (Fsp3) is 0.682. The minimum Gasteiger partial charge on any atom is -0.493 e. The molecule has 0 aromatic heterocycles. The summed E-state index contributed by atoms with van der Waals surface area (Å²) in [7, 11) is 1.70. The first kappa shape index (κ1) is 21.3. The minimum atomic E-state index is 0. The lowest BCUT2D eigenvalue weighted by Gasteiger charge is -2.34. The third kappa shape index (κ3) is 4.57. The maximum Gasteiger partial charge on any atom is 0.225 e. The molecule has 2 saturated carbocycles. The first-order chi connectivity index (χ1) is 13.1. The normalized spacial score (nSPS) is 25.0. The molecule has 0 atom stereocenters. The van der Waals surface area contributed by atoms with Gasteiger partial charge in [0.1, 0.15) is 0 Å². The Morgan fingerprint density at radius 1 is 1.04 bits per heavy atom. The Hall–Kier alpha value is -1.46. The molecule has 0 spiro atoms. The number of ether oxygens (including phenoxy) is 2. The van der Waals surface area contributed by atoms with E-state index in [9.17, 15) is 4.79 Å². The van der Waals surface area contributed by atoms with E-state index in [4.69, 9.17) is 15.2 Å². The zero-order valence-corrected chi connectivity index (χ0v) is 17.6. The number of carbonyl (C=O) groups is 1. The van der Waals surface area contributed by atoms with Crippen LogP contribution in [0.5, 0.6) is 11.5 Å². The number of carbonyl (C=O) groups excluding carboxylic acids is 1. The van der Waals surface area contributed by atoms with Crippen molar-refractivity contribution in [2.75, 3.05) is 13.7 Å². The lowest BCUT2D eigenvalue weighted by molar-refractivity contribution is -0.137. The van der Waals surface area contributed by atoms with Crippen LogP contribution in [0.2, 0.25) is 0 Å². The van der Waals surface area contributed by atoms with Gasteiger partial charge in [-0.2, -0.15) is 0 Å². The number of amides is 1. The van der Waals surface area contributed by atoms with E-state index in [0.29, 0.717) is 18.6 Å². The number of nitrogens with two attached hydrogens (primary N) is 1. The van der Waals surface area contributed by atoms with Crippen LogP contribution >= 0.6 is 12.4 Å². The van der Waals surface area contributed by atoms with Crippen molar-refractivity contribution in [1.29, 1.82) is 0 Å². The molecule has 5 nitrogen and oxygen atoms in total. The average molecular weight is 409 g/mol. The zero-order valence-electron chi connectivity index (χ0n) is 16.8. The second-order valence-electron chi connectivity index (χ2n) is 8.42. The topological polar surface area (TPSA) is 64.8 Å². The van der Waals surface area contributed by atoms with Gasteiger partial charge in [-0.05, 0) is 81.0 Å². The van der Waals surface area contributed by atoms with Gasteiger partial charge in [-0.25, -0.2) is 0 Å². The number of rotatable bonds is 4. The van der Waals surface area contributed by atoms with Crippen LogP contribution in [0.15, 0.2) is 12.1 Å². The molecule has 1 aromatic carbocycles. The van der Waals surface area contributed by atoms with E-state index in [1.54, 1.807) is 7.11 Å². The molecular weight excluding hydrogens is 376 g/mol. The standard InChI is InChI=1S/C22H32N2O3.ClH/c1-26-20-12-16-10-11-24(22(25)15-6-8-18(23)9-7-15)14-17(16)13-21(20)27-19-4-2-3-5-19;/h12-13,15,18-19H,2-11,14,23H2,1H3;1H. The fourth-order valence-corrected chi connectivity index (χ4v) is 4.81. The Kier molecular flexibility index (Phi) is 7.10. The lowest BCUT2D eigenvalue weighted by atomic mass is 9.85. The Morgan fingerprint density at radius 2 is 1.71 bits per heavy atom. The quantitative estimate of drug-likeness (QED) is 0.821. The number of benzene rings is 1. The molecular formula is C22H33ClN2O3. The molecule has 3 aliphatic rings. The summed E-state index contributed by atoms with van der Waals surface area (Å²) in [6.45, 7) is 1.47. The van der Waals surface area contributed by atoms with Crippen LogP contribution in [0.3, 0.4) is 0 Å². The van der Waals surface area contributed by atoms with Gasteiger partial charge in [-0.1, -0.05) is 0 Å². The fourth-order valence-electron chi connectivity index (χ4n) is 4.81. The average Bonchev–Trinajstić information content (AvgIpc) is 3.20. The number of hydrogen-bond donors (Lipinski definition) is 1. The number of nitrogens with zero attached hydrogens (tertiary/aromatic N) is 1. The van der Waals surface area contributed by atoms with E-state index >= 15 is 0 Å². The molecule has 2 aliphatic carbocycles. The summed E-state index contributed by atoms with van der Waals surface area (Å²) >= 11 is 0. The third-order valence-corrected chi connectivity index (χ3v) is 6.53. The van der Waals surface area contributed by atoms with Crippen molar-refractivity contribution >= 4 is 18.3 Å². The molecule has 1 aromatic rings. The second-order valence-corrected chi connectivity index (χ2v) is 8.42. The van der Waals surface area contributed by atoms with Gasteiger partial charge in [0.2, 0.25) is 5.91 Å². The van der Waals surface area contributed by atoms with E-state index in [1.165, 1.54) is 24.0 Å². The van der Waals surface area contributed by atoms with Gasteiger partial charge in [0.05, 0.1) is 13.2 Å². The molecule has 1 heterocycles. The predicted octanol–water partition coefficient (Wildman–Crippen LogP) is 3.84. The van der Waals surface area contributed by atoms with Crippen molar-refractivity contribution in [2.24, 2.45) is 11.7 Å². The van der Waals surface area contributed by atoms with Crippen LogP contribution in [-0.2, 0) is 17.8 Å². The minimum absolute atomic E-state index is 0. The summed E-state index contributed by atoms with van der Waals surface area (Å²) < 4.78 is 11.8. The highest BCUT2D eigenvalue weighted by Crippen LogP contribution is 2.37. The first-order valence-corrected chi connectivity index (χ1v) is 10.5. The van der Waals surface area contributed by atoms with E-state index in [0.717, 1.165) is 63.0 Å². The highest BCUT2D eigenvalue weighted by atomic mass is 35.5. The zero-order chi connectivity index (χ0) is 18.8. The van der Waals surface area contributed by atoms with Crippen molar-refractivity contribution in [2.45, 2.75) is 76.5 Å². The van der Waals surface area contributed by atoms with Gasteiger partial charge in [-0.3, -0.25) is 4.79 Å². The van der Waals surface area contributed by atoms with Gasteiger partial charge < -0.3 is 20.1 Å².